The molecule has 19 heavy (non-hydrogen) atoms. The van der Waals surface area contributed by atoms with Gasteiger partial charge in [-0.3, -0.25) is 4.98 Å². The number of pyridine rings is 1. The molecule has 1 saturated carbocycles. The van der Waals surface area contributed by atoms with Crippen LogP contribution in [-0.2, 0) is 0 Å². The lowest BCUT2D eigenvalue weighted by molar-refractivity contribution is 0.253. The first-order valence-corrected chi connectivity index (χ1v) is 7.08. The Bertz CT molecular complexity index is 569. The van der Waals surface area contributed by atoms with Crippen LogP contribution in [-0.4, -0.2) is 21.0 Å². The van der Waals surface area contributed by atoms with Crippen molar-refractivity contribution >= 4 is 17.0 Å². The molecule has 1 N–H and O–H groups in total. The molecule has 1 aliphatic rings. The van der Waals surface area contributed by atoms with Crippen LogP contribution in [0, 0.1) is 11.8 Å². The van der Waals surface area contributed by atoms with E-state index in [9.17, 15) is 0 Å². The highest BCUT2D eigenvalue weighted by Crippen LogP contribution is 2.31. The summed E-state index contributed by atoms with van der Waals surface area (Å²) < 4.78 is 0. The Balaban J connectivity index is 1.81. The lowest BCUT2D eigenvalue weighted by atomic mass is 9.78. The van der Waals surface area contributed by atoms with E-state index in [1.54, 1.807) is 12.4 Å². The van der Waals surface area contributed by atoms with Crippen molar-refractivity contribution in [3.63, 3.8) is 0 Å². The van der Waals surface area contributed by atoms with Crippen LogP contribution in [0.3, 0.4) is 0 Å². The van der Waals surface area contributed by atoms with Gasteiger partial charge in [0.2, 0.25) is 0 Å². The maximum Gasteiger partial charge on any atom is 0.180 e. The number of hydrogen-bond donors (Lipinski definition) is 1. The van der Waals surface area contributed by atoms with Gasteiger partial charge in [-0.2, -0.15) is 0 Å². The predicted octanol–water partition coefficient (Wildman–Crippen LogP) is 3.26. The summed E-state index contributed by atoms with van der Waals surface area (Å²) >= 11 is 0. The van der Waals surface area contributed by atoms with Gasteiger partial charge in [0, 0.05) is 18.4 Å². The maximum atomic E-state index is 4.54. The van der Waals surface area contributed by atoms with Crippen molar-refractivity contribution in [3.8, 4) is 0 Å². The second-order valence-electron chi connectivity index (χ2n) is 5.61. The van der Waals surface area contributed by atoms with Crippen molar-refractivity contribution in [2.24, 2.45) is 11.8 Å². The highest BCUT2D eigenvalue weighted by molar-refractivity contribution is 5.71. The summed E-state index contributed by atoms with van der Waals surface area (Å²) in [6.45, 7) is 4.68. The Morgan fingerprint density at radius 3 is 2.84 bits per heavy atom. The molecule has 4 heteroatoms. The minimum atomic E-state index is 0.519. The summed E-state index contributed by atoms with van der Waals surface area (Å²) in [4.78, 5) is 13.0. The van der Waals surface area contributed by atoms with Gasteiger partial charge in [0.25, 0.3) is 0 Å². The summed E-state index contributed by atoms with van der Waals surface area (Å²) in [6.07, 6.45) is 7.25. The summed E-state index contributed by atoms with van der Waals surface area (Å²) in [5.41, 5.74) is 1.56. The van der Waals surface area contributed by atoms with Crippen molar-refractivity contribution in [1.82, 2.24) is 15.0 Å². The Hall–Kier alpha value is -1.71. The van der Waals surface area contributed by atoms with E-state index in [1.807, 2.05) is 12.1 Å². The molecule has 0 amide bonds. The molecule has 0 aromatic carbocycles. The molecule has 3 rings (SSSR count). The zero-order valence-corrected chi connectivity index (χ0v) is 11.5. The number of rotatable bonds is 2. The smallest absolute Gasteiger partial charge is 0.180 e. The lowest BCUT2D eigenvalue weighted by Crippen LogP contribution is -2.35. The fourth-order valence-electron chi connectivity index (χ4n) is 2.91. The van der Waals surface area contributed by atoms with Crippen molar-refractivity contribution in [2.45, 2.75) is 39.2 Å². The average Bonchev–Trinajstić information content (AvgIpc) is 2.44. The molecule has 0 aliphatic heterocycles. The van der Waals surface area contributed by atoms with Gasteiger partial charge in [-0.1, -0.05) is 26.7 Å². The minimum Gasteiger partial charge on any atom is -0.367 e. The summed E-state index contributed by atoms with van der Waals surface area (Å²) in [6, 6.07) is 4.50. The van der Waals surface area contributed by atoms with Crippen molar-refractivity contribution in [1.29, 1.82) is 0 Å². The van der Waals surface area contributed by atoms with E-state index >= 15 is 0 Å². The highest BCUT2D eigenvalue weighted by Gasteiger charge is 2.27. The monoisotopic (exact) mass is 256 g/mol. The normalized spacial score (nSPS) is 27.4. The third-order valence-corrected chi connectivity index (χ3v) is 4.37. The number of aromatic nitrogens is 3. The van der Waals surface area contributed by atoms with Crippen LogP contribution in [0.25, 0.3) is 11.2 Å². The number of hydrogen-bond acceptors (Lipinski definition) is 4. The van der Waals surface area contributed by atoms with E-state index in [1.165, 1.54) is 19.3 Å². The second kappa shape index (κ2) is 5.11. The Labute approximate surface area is 113 Å². The van der Waals surface area contributed by atoms with E-state index in [0.717, 1.165) is 17.3 Å². The third kappa shape index (κ3) is 2.53. The summed E-state index contributed by atoms with van der Waals surface area (Å²) in [7, 11) is 0. The Morgan fingerprint density at radius 2 is 1.95 bits per heavy atom. The highest BCUT2D eigenvalue weighted by atomic mass is 15.0. The first kappa shape index (κ1) is 12.3. The number of nitrogens with zero attached hydrogens (tertiary/aromatic N) is 3. The van der Waals surface area contributed by atoms with E-state index in [4.69, 9.17) is 0 Å². The third-order valence-electron chi connectivity index (χ3n) is 4.37. The zero-order chi connectivity index (χ0) is 13.2. The van der Waals surface area contributed by atoms with Crippen molar-refractivity contribution < 1.29 is 0 Å². The van der Waals surface area contributed by atoms with Crippen LogP contribution in [0.15, 0.2) is 24.5 Å². The largest absolute Gasteiger partial charge is 0.367 e. The van der Waals surface area contributed by atoms with Crippen LogP contribution < -0.4 is 5.32 Å². The number of nitrogens with one attached hydrogen (secondary N) is 1. The molecule has 3 atom stereocenters. The van der Waals surface area contributed by atoms with E-state index in [-0.39, 0.29) is 0 Å². The van der Waals surface area contributed by atoms with Gasteiger partial charge in [0.05, 0.1) is 0 Å². The summed E-state index contributed by atoms with van der Waals surface area (Å²) in [5.74, 6) is 2.39. The lowest BCUT2D eigenvalue weighted by Gasteiger charge is -2.34. The van der Waals surface area contributed by atoms with Crippen molar-refractivity contribution in [2.75, 3.05) is 5.32 Å². The van der Waals surface area contributed by atoms with Gasteiger partial charge in [-0.15, -0.1) is 0 Å². The first-order valence-electron chi connectivity index (χ1n) is 7.08. The quantitative estimate of drug-likeness (QED) is 0.896. The standard InChI is InChI=1S/C15H20N4/c1-10-4-3-5-12(11(10)2)18-14-7-6-13-15(19-14)17-9-8-16-13/h6-12H,3-5H2,1-2H3,(H,17,18,19). The number of anilines is 1. The van der Waals surface area contributed by atoms with Gasteiger partial charge in [-0.05, 0) is 30.4 Å². The molecule has 1 aliphatic carbocycles. The molecule has 0 radical (unpaired) electrons. The van der Waals surface area contributed by atoms with Crippen LogP contribution in [0.2, 0.25) is 0 Å². The molecular formula is C15H20N4. The fourth-order valence-corrected chi connectivity index (χ4v) is 2.91. The molecule has 0 saturated heterocycles. The van der Waals surface area contributed by atoms with Gasteiger partial charge >= 0.3 is 0 Å². The van der Waals surface area contributed by atoms with Crippen molar-refractivity contribution in [3.05, 3.63) is 24.5 Å². The van der Waals surface area contributed by atoms with Crippen LogP contribution in [0.4, 0.5) is 5.82 Å². The molecule has 2 aromatic rings. The second-order valence-corrected chi connectivity index (χ2v) is 5.61. The van der Waals surface area contributed by atoms with Crippen LogP contribution in [0.1, 0.15) is 33.1 Å². The van der Waals surface area contributed by atoms with E-state index in [2.05, 4.69) is 34.1 Å². The average molecular weight is 256 g/mol. The van der Waals surface area contributed by atoms with Gasteiger partial charge in [-0.25, -0.2) is 9.97 Å². The SMILES string of the molecule is CC1CCCC(Nc2ccc3nccnc3n2)C1C. The molecule has 100 valence electrons. The molecule has 1 fully saturated rings. The molecule has 2 aromatic heterocycles. The minimum absolute atomic E-state index is 0.519. The molecule has 0 bridgehead atoms. The summed E-state index contributed by atoms with van der Waals surface area (Å²) in [5, 5.41) is 3.57. The number of fused-ring (bicyclic) bond motifs is 1. The van der Waals surface area contributed by atoms with E-state index < -0.39 is 0 Å². The van der Waals surface area contributed by atoms with Gasteiger partial charge in [0.1, 0.15) is 11.3 Å². The molecule has 4 nitrogen and oxygen atoms in total. The molecular weight excluding hydrogens is 236 g/mol. The fraction of sp³-hybridized carbons (Fsp3) is 0.533. The Kier molecular flexibility index (Phi) is 3.32. The van der Waals surface area contributed by atoms with Gasteiger partial charge < -0.3 is 5.32 Å². The van der Waals surface area contributed by atoms with Gasteiger partial charge in [0.15, 0.2) is 5.65 Å². The molecule has 2 heterocycles. The zero-order valence-electron chi connectivity index (χ0n) is 11.5. The maximum absolute atomic E-state index is 4.54. The molecule has 3 unspecified atom stereocenters. The molecule has 0 spiro atoms. The predicted molar refractivity (Wildman–Crippen MR) is 76.9 cm³/mol. The topological polar surface area (TPSA) is 50.7 Å². The van der Waals surface area contributed by atoms with Crippen LogP contribution in [0.5, 0.6) is 0 Å². The first-order chi connectivity index (χ1) is 9.24. The van der Waals surface area contributed by atoms with E-state index in [0.29, 0.717) is 17.6 Å². The Morgan fingerprint density at radius 1 is 1.11 bits per heavy atom. The van der Waals surface area contributed by atoms with Crippen LogP contribution >= 0.6 is 0 Å².